The van der Waals surface area contributed by atoms with E-state index in [4.69, 9.17) is 25.8 Å². The summed E-state index contributed by atoms with van der Waals surface area (Å²) < 4.78 is 14.9. The van der Waals surface area contributed by atoms with Crippen LogP contribution in [0.1, 0.15) is 49.8 Å². The molecule has 0 spiro atoms. The molecule has 9 nitrogen and oxygen atoms in total. The van der Waals surface area contributed by atoms with Crippen LogP contribution in [0.15, 0.2) is 18.3 Å². The number of aromatic nitrogens is 1. The smallest absolute Gasteiger partial charge is 0.348 e. The summed E-state index contributed by atoms with van der Waals surface area (Å²) >= 11 is 6.61. The van der Waals surface area contributed by atoms with Gasteiger partial charge in [-0.15, -0.1) is 11.3 Å². The Morgan fingerprint density at radius 1 is 1.23 bits per heavy atom. The fraction of sp³-hybridized carbons (Fsp3) is 0.316. The van der Waals surface area contributed by atoms with Gasteiger partial charge < -0.3 is 19.5 Å². The summed E-state index contributed by atoms with van der Waals surface area (Å²) in [5.41, 5.74) is 0.469. The van der Waals surface area contributed by atoms with Gasteiger partial charge in [0, 0.05) is 6.20 Å². The molecule has 0 saturated carbocycles. The minimum atomic E-state index is -1.21. The molecule has 0 fully saturated rings. The number of methoxy groups -OCH3 is 1. The molecule has 2 rings (SSSR count). The van der Waals surface area contributed by atoms with E-state index < -0.39 is 29.9 Å². The van der Waals surface area contributed by atoms with E-state index in [0.717, 1.165) is 11.3 Å². The van der Waals surface area contributed by atoms with E-state index in [9.17, 15) is 19.2 Å². The normalized spacial score (nSPS) is 11.4. The molecule has 1 atom stereocenters. The Balaban J connectivity index is 2.22. The van der Waals surface area contributed by atoms with E-state index in [0.29, 0.717) is 5.56 Å². The number of nitrogens with one attached hydrogen (secondary N) is 1. The van der Waals surface area contributed by atoms with Crippen LogP contribution in [-0.2, 0) is 19.0 Å². The number of halogens is 1. The summed E-state index contributed by atoms with van der Waals surface area (Å²) in [6, 6.07) is 2.70. The van der Waals surface area contributed by atoms with Crippen LogP contribution in [0.3, 0.4) is 0 Å². The highest BCUT2D eigenvalue weighted by molar-refractivity contribution is 7.18. The van der Waals surface area contributed by atoms with Crippen LogP contribution in [0.25, 0.3) is 0 Å². The molecule has 30 heavy (non-hydrogen) atoms. The largest absolute Gasteiger partial charge is 0.465 e. The van der Waals surface area contributed by atoms with E-state index >= 15 is 0 Å². The monoisotopic (exact) mass is 454 g/mol. The number of anilines is 1. The van der Waals surface area contributed by atoms with E-state index in [1.807, 2.05) is 0 Å². The van der Waals surface area contributed by atoms with Gasteiger partial charge >= 0.3 is 17.9 Å². The zero-order valence-electron chi connectivity index (χ0n) is 16.6. The van der Waals surface area contributed by atoms with Gasteiger partial charge in [0.2, 0.25) is 0 Å². The third-order valence-corrected chi connectivity index (χ3v) is 5.24. The maximum Gasteiger partial charge on any atom is 0.348 e. The van der Waals surface area contributed by atoms with Crippen LogP contribution in [0.4, 0.5) is 5.00 Å². The number of hydrogen-bond acceptors (Lipinski definition) is 9. The third kappa shape index (κ3) is 5.33. The summed E-state index contributed by atoms with van der Waals surface area (Å²) in [5.74, 6) is -2.83. The Hall–Kier alpha value is -2.98. The SMILES string of the molecule is CCOC(=O)c1sc(NC(=O)C(C)OC(=O)c2ccnc(Cl)c2)c(C(=O)OC)c1C. The number of ether oxygens (including phenoxy) is 3. The van der Waals surface area contributed by atoms with Crippen LogP contribution in [0.2, 0.25) is 5.15 Å². The highest BCUT2D eigenvalue weighted by Gasteiger charge is 2.28. The van der Waals surface area contributed by atoms with E-state index in [1.165, 1.54) is 32.4 Å². The highest BCUT2D eigenvalue weighted by Crippen LogP contribution is 2.34. The first-order chi connectivity index (χ1) is 14.2. The molecule has 2 aromatic rings. The van der Waals surface area contributed by atoms with Gasteiger partial charge in [0.05, 0.1) is 24.8 Å². The van der Waals surface area contributed by atoms with Gasteiger partial charge in [0.1, 0.15) is 15.0 Å². The molecular weight excluding hydrogens is 436 g/mol. The lowest BCUT2D eigenvalue weighted by Gasteiger charge is -2.13. The minimum Gasteiger partial charge on any atom is -0.465 e. The van der Waals surface area contributed by atoms with Gasteiger partial charge in [-0.05, 0) is 38.5 Å². The summed E-state index contributed by atoms with van der Waals surface area (Å²) in [7, 11) is 1.18. The lowest BCUT2D eigenvalue weighted by molar-refractivity contribution is -0.123. The fourth-order valence-corrected chi connectivity index (χ4v) is 3.63. The van der Waals surface area contributed by atoms with Crippen LogP contribution >= 0.6 is 22.9 Å². The molecule has 160 valence electrons. The fourth-order valence-electron chi connectivity index (χ4n) is 2.37. The minimum absolute atomic E-state index is 0.0262. The molecule has 11 heteroatoms. The molecule has 2 aromatic heterocycles. The predicted octanol–water partition coefficient (Wildman–Crippen LogP) is 3.25. The molecule has 0 radical (unpaired) electrons. The molecule has 0 bridgehead atoms. The summed E-state index contributed by atoms with van der Waals surface area (Å²) in [5, 5.41) is 2.69. The van der Waals surface area contributed by atoms with Crippen molar-refractivity contribution in [2.75, 3.05) is 19.0 Å². The second-order valence-electron chi connectivity index (χ2n) is 5.88. The van der Waals surface area contributed by atoms with Crippen molar-refractivity contribution in [1.29, 1.82) is 0 Å². The van der Waals surface area contributed by atoms with Gasteiger partial charge in [-0.25, -0.2) is 19.4 Å². The molecule has 0 aliphatic rings. The van der Waals surface area contributed by atoms with Gasteiger partial charge in [-0.3, -0.25) is 4.79 Å². The van der Waals surface area contributed by atoms with Crippen molar-refractivity contribution in [3.05, 3.63) is 45.1 Å². The first kappa shape index (κ1) is 23.3. The zero-order chi connectivity index (χ0) is 22.4. The topological polar surface area (TPSA) is 121 Å². The highest BCUT2D eigenvalue weighted by atomic mass is 35.5. The van der Waals surface area contributed by atoms with Crippen molar-refractivity contribution >= 4 is 51.8 Å². The average molecular weight is 455 g/mol. The molecule has 0 aromatic carbocycles. The number of esters is 3. The lowest BCUT2D eigenvalue weighted by Crippen LogP contribution is -2.30. The Kier molecular flexibility index (Phi) is 7.90. The second kappa shape index (κ2) is 10.2. The second-order valence-corrected chi connectivity index (χ2v) is 7.28. The van der Waals surface area contributed by atoms with Crippen molar-refractivity contribution < 1.29 is 33.4 Å². The number of carbonyl (C=O) groups is 4. The molecular formula is C19H19ClN2O7S. The first-order valence-electron chi connectivity index (χ1n) is 8.71. The molecule has 0 aliphatic heterocycles. The summed E-state index contributed by atoms with van der Waals surface area (Å²) in [4.78, 5) is 52.9. The van der Waals surface area contributed by atoms with Crippen molar-refractivity contribution in [1.82, 2.24) is 4.98 Å². The van der Waals surface area contributed by atoms with Crippen molar-refractivity contribution in [3.63, 3.8) is 0 Å². The third-order valence-electron chi connectivity index (χ3n) is 3.85. The van der Waals surface area contributed by atoms with E-state index in [-0.39, 0.29) is 32.8 Å². The zero-order valence-corrected chi connectivity index (χ0v) is 18.2. The van der Waals surface area contributed by atoms with E-state index in [1.54, 1.807) is 13.8 Å². The van der Waals surface area contributed by atoms with Crippen LogP contribution in [0.5, 0.6) is 0 Å². The van der Waals surface area contributed by atoms with Gasteiger partial charge in [-0.2, -0.15) is 0 Å². The van der Waals surface area contributed by atoms with Crippen molar-refractivity contribution in [2.45, 2.75) is 26.9 Å². The number of thiophene rings is 1. The molecule has 1 N–H and O–H groups in total. The Bertz CT molecular complexity index is 989. The van der Waals surface area contributed by atoms with Crippen molar-refractivity contribution in [2.24, 2.45) is 0 Å². The van der Waals surface area contributed by atoms with Crippen molar-refractivity contribution in [3.8, 4) is 0 Å². The maximum absolute atomic E-state index is 12.5. The number of amides is 1. The first-order valence-corrected chi connectivity index (χ1v) is 9.91. The lowest BCUT2D eigenvalue weighted by atomic mass is 10.1. The molecule has 0 aliphatic carbocycles. The Labute approximate surface area is 181 Å². The van der Waals surface area contributed by atoms with Gasteiger partial charge in [0.25, 0.3) is 5.91 Å². The summed E-state index contributed by atoms with van der Waals surface area (Å²) in [6.07, 6.45) is 0.126. The van der Waals surface area contributed by atoms with Gasteiger partial charge in [0.15, 0.2) is 6.10 Å². The van der Waals surface area contributed by atoms with E-state index in [2.05, 4.69) is 10.3 Å². The Morgan fingerprint density at radius 3 is 2.53 bits per heavy atom. The molecule has 0 saturated heterocycles. The summed E-state index contributed by atoms with van der Waals surface area (Å²) in [6.45, 7) is 4.70. The molecule has 1 amide bonds. The van der Waals surface area contributed by atoms with Gasteiger partial charge in [-0.1, -0.05) is 11.6 Å². The maximum atomic E-state index is 12.5. The number of hydrogen-bond donors (Lipinski definition) is 1. The average Bonchev–Trinajstić information content (AvgIpc) is 3.03. The quantitative estimate of drug-likeness (QED) is 0.384. The molecule has 1 unspecified atom stereocenters. The molecule has 2 heterocycles. The number of pyridine rings is 1. The van der Waals surface area contributed by atoms with Crippen LogP contribution < -0.4 is 5.32 Å². The Morgan fingerprint density at radius 2 is 1.93 bits per heavy atom. The number of nitrogens with zero attached hydrogens (tertiary/aromatic N) is 1. The van der Waals surface area contributed by atoms with Crippen LogP contribution in [0, 0.1) is 6.92 Å². The standard InChI is InChI=1S/C19H19ClN2O7S/c1-5-28-19(26)14-9(2)13(18(25)27-4)16(30-14)22-15(23)10(3)29-17(24)11-6-7-21-12(20)8-11/h6-8,10H,5H2,1-4H3,(H,22,23). The predicted molar refractivity (Wildman–Crippen MR) is 109 cm³/mol. The van der Waals surface area contributed by atoms with Crippen LogP contribution in [-0.4, -0.2) is 48.6 Å². The number of carbonyl (C=O) groups excluding carboxylic acids is 4. The number of rotatable bonds is 7.